The van der Waals surface area contributed by atoms with Crippen molar-refractivity contribution in [2.75, 3.05) is 12.3 Å². The van der Waals surface area contributed by atoms with Crippen LogP contribution in [0.5, 0.6) is 0 Å². The van der Waals surface area contributed by atoms with Crippen molar-refractivity contribution >= 4 is 11.8 Å². The molecule has 0 saturated carbocycles. The number of carbonyl (C=O) groups excluding carboxylic acids is 1. The molecule has 1 aromatic rings. The van der Waals surface area contributed by atoms with E-state index in [1.165, 1.54) is 0 Å². The number of rotatable bonds is 4. The highest BCUT2D eigenvalue weighted by atomic mass is 19.1. The van der Waals surface area contributed by atoms with E-state index >= 15 is 0 Å². The van der Waals surface area contributed by atoms with Crippen molar-refractivity contribution < 1.29 is 28.5 Å². The van der Waals surface area contributed by atoms with Gasteiger partial charge in [0.15, 0.2) is 0 Å². The highest BCUT2D eigenvalue weighted by Crippen LogP contribution is 2.23. The molecule has 0 aliphatic carbocycles. The minimum Gasteiger partial charge on any atom is -0.444 e. The topological polar surface area (TPSA) is 105 Å². The molecule has 1 rings (SSSR count). The summed E-state index contributed by atoms with van der Waals surface area (Å²) >= 11 is 0. The zero-order valence-corrected chi connectivity index (χ0v) is 12.6. The summed E-state index contributed by atoms with van der Waals surface area (Å²) in [6.45, 7) is 4.64. The Morgan fingerprint density at radius 2 is 1.82 bits per heavy atom. The molecule has 1 aromatic carbocycles. The molecule has 2 atom stereocenters. The number of anilines is 1. The SMILES string of the molecule is CC(C)(C)OC(=O)NCC(O)C(O)c1cc(F)c(N)c(F)c1. The van der Waals surface area contributed by atoms with E-state index < -0.39 is 41.2 Å². The molecule has 8 heteroatoms. The fourth-order valence-electron chi connectivity index (χ4n) is 1.61. The van der Waals surface area contributed by atoms with E-state index in [4.69, 9.17) is 10.5 Å². The summed E-state index contributed by atoms with van der Waals surface area (Å²) in [4.78, 5) is 11.4. The molecule has 1 amide bonds. The highest BCUT2D eigenvalue weighted by molar-refractivity contribution is 5.67. The summed E-state index contributed by atoms with van der Waals surface area (Å²) in [7, 11) is 0. The fourth-order valence-corrected chi connectivity index (χ4v) is 1.61. The number of ether oxygens (including phenoxy) is 1. The van der Waals surface area contributed by atoms with E-state index in [1.54, 1.807) is 20.8 Å². The number of aliphatic hydroxyl groups is 2. The van der Waals surface area contributed by atoms with E-state index in [-0.39, 0.29) is 12.1 Å². The molecule has 0 radical (unpaired) electrons. The molecule has 0 aromatic heterocycles. The van der Waals surface area contributed by atoms with Gasteiger partial charge in [-0.05, 0) is 38.5 Å². The summed E-state index contributed by atoms with van der Waals surface area (Å²) in [5.41, 5.74) is 3.54. The maximum Gasteiger partial charge on any atom is 0.407 e. The second-order valence-electron chi connectivity index (χ2n) is 5.79. The average molecular weight is 318 g/mol. The maximum atomic E-state index is 13.3. The Morgan fingerprint density at radius 1 is 1.32 bits per heavy atom. The minimum atomic E-state index is -1.60. The largest absolute Gasteiger partial charge is 0.444 e. The Balaban J connectivity index is 2.66. The lowest BCUT2D eigenvalue weighted by molar-refractivity contribution is 0.0127. The van der Waals surface area contributed by atoms with Crippen LogP contribution < -0.4 is 11.1 Å². The summed E-state index contributed by atoms with van der Waals surface area (Å²) in [5.74, 6) is -2.08. The number of nitrogens with one attached hydrogen (secondary N) is 1. The number of halogens is 2. The number of hydrogen-bond acceptors (Lipinski definition) is 5. The van der Waals surface area contributed by atoms with Crippen LogP contribution in [0.25, 0.3) is 0 Å². The number of amides is 1. The Labute approximate surface area is 126 Å². The van der Waals surface area contributed by atoms with Crippen LogP contribution in [-0.2, 0) is 4.74 Å². The standard InChI is InChI=1S/C14H20F2N2O4/c1-14(2,3)22-13(21)18-6-10(19)12(20)7-4-8(15)11(17)9(16)5-7/h4-5,10,12,19-20H,6,17H2,1-3H3,(H,18,21). The third-order valence-electron chi connectivity index (χ3n) is 2.66. The Kier molecular flexibility index (Phi) is 5.67. The van der Waals surface area contributed by atoms with Crippen LogP contribution in [-0.4, -0.2) is 34.6 Å². The number of nitrogens with two attached hydrogens (primary N) is 1. The lowest BCUT2D eigenvalue weighted by Gasteiger charge is -2.22. The number of alkyl carbamates (subject to hydrolysis) is 1. The van der Waals surface area contributed by atoms with Crippen molar-refractivity contribution in [3.05, 3.63) is 29.3 Å². The smallest absolute Gasteiger partial charge is 0.407 e. The maximum absolute atomic E-state index is 13.3. The van der Waals surface area contributed by atoms with Crippen LogP contribution in [0.15, 0.2) is 12.1 Å². The lowest BCUT2D eigenvalue weighted by atomic mass is 10.0. The van der Waals surface area contributed by atoms with Crippen LogP contribution in [0.3, 0.4) is 0 Å². The fraction of sp³-hybridized carbons (Fsp3) is 0.500. The Bertz CT molecular complexity index is 523. The summed E-state index contributed by atoms with van der Waals surface area (Å²) in [6, 6.07) is 1.64. The molecular weight excluding hydrogens is 298 g/mol. The molecule has 0 heterocycles. The van der Waals surface area contributed by atoms with Crippen molar-refractivity contribution in [2.24, 2.45) is 0 Å². The number of carbonyl (C=O) groups is 1. The van der Waals surface area contributed by atoms with Gasteiger partial charge < -0.3 is 26.0 Å². The number of benzene rings is 1. The van der Waals surface area contributed by atoms with Gasteiger partial charge in [-0.2, -0.15) is 0 Å². The van der Waals surface area contributed by atoms with Crippen LogP contribution in [0.4, 0.5) is 19.3 Å². The molecule has 2 unspecified atom stereocenters. The third kappa shape index (κ3) is 5.12. The molecule has 124 valence electrons. The normalized spacial score (nSPS) is 14.3. The average Bonchev–Trinajstić information content (AvgIpc) is 2.38. The molecule has 0 bridgehead atoms. The van der Waals surface area contributed by atoms with Crippen LogP contribution in [0, 0.1) is 11.6 Å². The van der Waals surface area contributed by atoms with E-state index in [2.05, 4.69) is 5.32 Å². The second kappa shape index (κ2) is 6.89. The van der Waals surface area contributed by atoms with Gasteiger partial charge in [-0.1, -0.05) is 0 Å². The molecule has 0 aliphatic heterocycles. The predicted octanol–water partition coefficient (Wildman–Crippen LogP) is 1.47. The summed E-state index contributed by atoms with van der Waals surface area (Å²) in [6.07, 6.45) is -3.86. The number of nitrogen functional groups attached to an aromatic ring is 1. The first-order valence-corrected chi connectivity index (χ1v) is 6.58. The minimum absolute atomic E-state index is 0.192. The van der Waals surface area contributed by atoms with E-state index in [9.17, 15) is 23.8 Å². The zero-order chi connectivity index (χ0) is 17.1. The van der Waals surface area contributed by atoms with Crippen LogP contribution in [0.1, 0.15) is 32.4 Å². The van der Waals surface area contributed by atoms with E-state index in [0.717, 1.165) is 12.1 Å². The van der Waals surface area contributed by atoms with Gasteiger partial charge >= 0.3 is 6.09 Å². The first kappa shape index (κ1) is 18.1. The van der Waals surface area contributed by atoms with E-state index in [0.29, 0.717) is 0 Å². The lowest BCUT2D eigenvalue weighted by Crippen LogP contribution is -2.38. The Hall–Kier alpha value is -1.93. The number of aliphatic hydroxyl groups excluding tert-OH is 2. The first-order chi connectivity index (χ1) is 10.0. The highest BCUT2D eigenvalue weighted by Gasteiger charge is 2.23. The van der Waals surface area contributed by atoms with Gasteiger partial charge in [0.25, 0.3) is 0 Å². The molecule has 6 nitrogen and oxygen atoms in total. The van der Waals surface area contributed by atoms with Gasteiger partial charge in [-0.3, -0.25) is 0 Å². The van der Waals surface area contributed by atoms with Crippen molar-refractivity contribution in [3.8, 4) is 0 Å². The van der Waals surface area contributed by atoms with Crippen molar-refractivity contribution in [1.29, 1.82) is 0 Å². The van der Waals surface area contributed by atoms with Gasteiger partial charge in [-0.15, -0.1) is 0 Å². The van der Waals surface area contributed by atoms with Crippen LogP contribution in [0.2, 0.25) is 0 Å². The molecule has 0 spiro atoms. The molecule has 22 heavy (non-hydrogen) atoms. The second-order valence-corrected chi connectivity index (χ2v) is 5.79. The molecule has 0 saturated heterocycles. The molecule has 5 N–H and O–H groups in total. The first-order valence-electron chi connectivity index (χ1n) is 6.58. The van der Waals surface area contributed by atoms with Gasteiger partial charge in [0.2, 0.25) is 0 Å². The molecule has 0 fully saturated rings. The monoisotopic (exact) mass is 318 g/mol. The molecule has 0 aliphatic rings. The van der Waals surface area contributed by atoms with Gasteiger partial charge in [0, 0.05) is 6.54 Å². The zero-order valence-electron chi connectivity index (χ0n) is 12.6. The van der Waals surface area contributed by atoms with Gasteiger partial charge in [-0.25, -0.2) is 13.6 Å². The van der Waals surface area contributed by atoms with Crippen molar-refractivity contribution in [1.82, 2.24) is 5.32 Å². The van der Waals surface area contributed by atoms with Crippen molar-refractivity contribution in [3.63, 3.8) is 0 Å². The number of hydrogen-bond donors (Lipinski definition) is 4. The third-order valence-corrected chi connectivity index (χ3v) is 2.66. The van der Waals surface area contributed by atoms with Crippen molar-refractivity contribution in [2.45, 2.75) is 38.6 Å². The van der Waals surface area contributed by atoms with Gasteiger partial charge in [0.05, 0.1) is 0 Å². The molecular formula is C14H20F2N2O4. The van der Waals surface area contributed by atoms with E-state index in [1.807, 2.05) is 0 Å². The summed E-state index contributed by atoms with van der Waals surface area (Å²) < 4.78 is 31.6. The van der Waals surface area contributed by atoms with Gasteiger partial charge in [0.1, 0.15) is 35.1 Å². The predicted molar refractivity (Wildman–Crippen MR) is 76.0 cm³/mol. The Morgan fingerprint density at radius 3 is 2.27 bits per heavy atom. The summed E-state index contributed by atoms with van der Waals surface area (Å²) in [5, 5.41) is 21.9. The quantitative estimate of drug-likeness (QED) is 0.629. The van der Waals surface area contributed by atoms with Crippen LogP contribution >= 0.6 is 0 Å².